The van der Waals surface area contributed by atoms with Gasteiger partial charge >= 0.3 is 0 Å². The summed E-state index contributed by atoms with van der Waals surface area (Å²) in [6.07, 6.45) is 5.70. The normalized spacial score (nSPS) is 21.3. The summed E-state index contributed by atoms with van der Waals surface area (Å²) in [6, 6.07) is 11.9. The molecule has 138 valence electrons. The maximum Gasteiger partial charge on any atom is 0.224 e. The maximum absolute atomic E-state index is 9.87. The zero-order chi connectivity index (χ0) is 17.8. The number of aliphatic hydroxyl groups is 1. The molecule has 1 saturated carbocycles. The molecule has 2 aromatic rings. The Morgan fingerprint density at radius 3 is 2.85 bits per heavy atom. The second-order valence-corrected chi connectivity index (χ2v) is 7.44. The molecule has 1 unspecified atom stereocenters. The second-order valence-electron chi connectivity index (χ2n) is 7.44. The zero-order valence-electron chi connectivity index (χ0n) is 15.0. The highest BCUT2D eigenvalue weighted by Crippen LogP contribution is 2.45. The largest absolute Gasteiger partial charge is 0.493 e. The minimum Gasteiger partial charge on any atom is -0.493 e. The summed E-state index contributed by atoms with van der Waals surface area (Å²) in [5.74, 6) is 2.45. The molecule has 1 aliphatic carbocycles. The number of benzene rings is 1. The number of nitrogens with one attached hydrogen (secondary N) is 1. The molecule has 2 N–H and O–H groups in total. The summed E-state index contributed by atoms with van der Waals surface area (Å²) in [5, 5.41) is 13.2. The third kappa shape index (κ3) is 4.25. The van der Waals surface area contributed by atoms with Crippen molar-refractivity contribution < 1.29 is 9.84 Å². The van der Waals surface area contributed by atoms with Gasteiger partial charge in [-0.3, -0.25) is 0 Å². The number of piperidine rings is 1. The Hall–Kier alpha value is -2.34. The van der Waals surface area contributed by atoms with Crippen LogP contribution in [-0.4, -0.2) is 47.4 Å². The van der Waals surface area contributed by atoms with E-state index in [0.29, 0.717) is 19.1 Å². The Morgan fingerprint density at radius 1 is 1.23 bits per heavy atom. The molecule has 0 spiro atoms. The predicted molar refractivity (Wildman–Crippen MR) is 102 cm³/mol. The molecule has 1 atom stereocenters. The lowest BCUT2D eigenvalue weighted by Crippen LogP contribution is -2.38. The Balaban J connectivity index is 1.32. The Kier molecular flexibility index (Phi) is 4.93. The molecule has 1 aromatic carbocycles. The van der Waals surface area contributed by atoms with Crippen LogP contribution in [0.4, 0.5) is 11.8 Å². The van der Waals surface area contributed by atoms with Crippen LogP contribution in [0.15, 0.2) is 42.6 Å². The molecule has 6 heteroatoms. The lowest BCUT2D eigenvalue weighted by Gasteiger charge is -2.31. The number of hydrogen-bond donors (Lipinski definition) is 2. The van der Waals surface area contributed by atoms with Crippen molar-refractivity contribution in [1.29, 1.82) is 0 Å². The fraction of sp³-hybridized carbons (Fsp3) is 0.500. The highest BCUT2D eigenvalue weighted by molar-refractivity contribution is 5.43. The Bertz CT molecular complexity index is 721. The summed E-state index contributed by atoms with van der Waals surface area (Å²) < 4.78 is 5.94. The van der Waals surface area contributed by atoms with Gasteiger partial charge in [-0.15, -0.1) is 0 Å². The third-order valence-electron chi connectivity index (χ3n) is 5.23. The molecule has 6 nitrogen and oxygen atoms in total. The summed E-state index contributed by atoms with van der Waals surface area (Å²) in [4.78, 5) is 11.1. The Morgan fingerprint density at radius 2 is 2.08 bits per heavy atom. The fourth-order valence-corrected chi connectivity index (χ4v) is 3.34. The van der Waals surface area contributed by atoms with Crippen LogP contribution >= 0.6 is 0 Å². The van der Waals surface area contributed by atoms with Gasteiger partial charge in [-0.2, -0.15) is 4.98 Å². The molecule has 1 aliphatic heterocycles. The van der Waals surface area contributed by atoms with E-state index < -0.39 is 0 Å². The summed E-state index contributed by atoms with van der Waals surface area (Å²) in [5.41, 5.74) is 0.177. The SMILES string of the molecule is OC1CCCN(c2ccnc(NCC3(COc4ccccc4)CC3)n2)C1. The number of β-amino-alcohol motifs (C(OH)–C–C–N with tert-alkyl or cyclic N) is 1. The number of hydrogen-bond acceptors (Lipinski definition) is 6. The highest BCUT2D eigenvalue weighted by Gasteiger charge is 2.43. The van der Waals surface area contributed by atoms with Crippen molar-refractivity contribution in [2.75, 3.05) is 36.5 Å². The second kappa shape index (κ2) is 7.50. The average Bonchev–Trinajstić information content (AvgIpc) is 3.46. The molecule has 4 rings (SSSR count). The van der Waals surface area contributed by atoms with Crippen LogP contribution < -0.4 is 15.0 Å². The number of ether oxygens (including phenoxy) is 1. The van der Waals surface area contributed by atoms with Crippen molar-refractivity contribution in [3.05, 3.63) is 42.6 Å². The average molecular weight is 354 g/mol. The minimum absolute atomic E-state index is 0.177. The molecule has 0 radical (unpaired) electrons. The van der Waals surface area contributed by atoms with Crippen molar-refractivity contribution >= 4 is 11.8 Å². The van der Waals surface area contributed by atoms with Gasteiger partial charge in [0.2, 0.25) is 5.95 Å². The summed E-state index contributed by atoms with van der Waals surface area (Å²) in [7, 11) is 0. The van der Waals surface area contributed by atoms with Crippen LogP contribution in [0.1, 0.15) is 25.7 Å². The van der Waals surface area contributed by atoms with Gasteiger partial charge in [-0.05, 0) is 43.9 Å². The number of anilines is 2. The molecule has 2 fully saturated rings. The van der Waals surface area contributed by atoms with Crippen molar-refractivity contribution in [2.45, 2.75) is 31.8 Å². The summed E-state index contributed by atoms with van der Waals surface area (Å²) in [6.45, 7) is 3.10. The van der Waals surface area contributed by atoms with Crippen LogP contribution in [-0.2, 0) is 0 Å². The topological polar surface area (TPSA) is 70.5 Å². The molecule has 2 aliphatic rings. The first-order valence-electron chi connectivity index (χ1n) is 9.40. The van der Waals surface area contributed by atoms with E-state index in [4.69, 9.17) is 4.74 Å². The molecular weight excluding hydrogens is 328 g/mol. The monoisotopic (exact) mass is 354 g/mol. The van der Waals surface area contributed by atoms with Crippen LogP contribution in [0.25, 0.3) is 0 Å². The van der Waals surface area contributed by atoms with Crippen molar-refractivity contribution in [3.8, 4) is 5.75 Å². The van der Waals surface area contributed by atoms with Gasteiger partial charge in [0.1, 0.15) is 11.6 Å². The van der Waals surface area contributed by atoms with Crippen LogP contribution in [0.5, 0.6) is 5.75 Å². The Labute approximate surface area is 154 Å². The number of nitrogens with zero attached hydrogens (tertiary/aromatic N) is 3. The quantitative estimate of drug-likeness (QED) is 0.797. The van der Waals surface area contributed by atoms with Crippen LogP contribution in [0.3, 0.4) is 0 Å². The highest BCUT2D eigenvalue weighted by atomic mass is 16.5. The molecule has 2 heterocycles. The van der Waals surface area contributed by atoms with Crippen LogP contribution in [0, 0.1) is 5.41 Å². The molecule has 26 heavy (non-hydrogen) atoms. The van der Waals surface area contributed by atoms with Crippen molar-refractivity contribution in [3.63, 3.8) is 0 Å². The van der Waals surface area contributed by atoms with E-state index >= 15 is 0 Å². The number of para-hydroxylation sites is 1. The fourth-order valence-electron chi connectivity index (χ4n) is 3.34. The van der Waals surface area contributed by atoms with Crippen molar-refractivity contribution in [1.82, 2.24) is 9.97 Å². The van der Waals surface area contributed by atoms with E-state index in [2.05, 4.69) is 20.2 Å². The number of aromatic nitrogens is 2. The standard InChI is InChI=1S/C20H26N4O2/c25-16-5-4-12-24(13-16)18-8-11-21-19(23-18)22-14-20(9-10-20)15-26-17-6-2-1-3-7-17/h1-3,6-8,11,16,25H,4-5,9-10,12-15H2,(H,21,22,23). The molecule has 0 bridgehead atoms. The minimum atomic E-state index is -0.264. The summed E-state index contributed by atoms with van der Waals surface area (Å²) >= 11 is 0. The molecule has 1 saturated heterocycles. The van der Waals surface area contributed by atoms with Gasteiger partial charge < -0.3 is 20.1 Å². The van der Waals surface area contributed by atoms with Gasteiger partial charge in [0.25, 0.3) is 0 Å². The lowest BCUT2D eigenvalue weighted by atomic mass is 10.1. The first-order valence-corrected chi connectivity index (χ1v) is 9.40. The van der Waals surface area contributed by atoms with Gasteiger partial charge in [0, 0.05) is 31.2 Å². The van der Waals surface area contributed by atoms with Crippen LogP contribution in [0.2, 0.25) is 0 Å². The number of aliphatic hydroxyl groups excluding tert-OH is 1. The first-order chi connectivity index (χ1) is 12.7. The molecular formula is C20H26N4O2. The third-order valence-corrected chi connectivity index (χ3v) is 5.23. The van der Waals surface area contributed by atoms with Gasteiger partial charge in [-0.1, -0.05) is 18.2 Å². The van der Waals surface area contributed by atoms with Gasteiger partial charge in [-0.25, -0.2) is 4.98 Å². The predicted octanol–water partition coefficient (Wildman–Crippen LogP) is 2.71. The molecule has 1 aromatic heterocycles. The van der Waals surface area contributed by atoms with Crippen molar-refractivity contribution in [2.24, 2.45) is 5.41 Å². The van der Waals surface area contributed by atoms with E-state index in [1.165, 1.54) is 0 Å². The lowest BCUT2D eigenvalue weighted by molar-refractivity contribution is 0.154. The number of rotatable bonds is 7. The van der Waals surface area contributed by atoms with Gasteiger partial charge in [0.05, 0.1) is 12.7 Å². The van der Waals surface area contributed by atoms with E-state index in [1.54, 1.807) is 6.20 Å². The zero-order valence-corrected chi connectivity index (χ0v) is 15.0. The first kappa shape index (κ1) is 17.1. The van der Waals surface area contributed by atoms with E-state index in [-0.39, 0.29) is 11.5 Å². The van der Waals surface area contributed by atoms with E-state index in [9.17, 15) is 5.11 Å². The smallest absolute Gasteiger partial charge is 0.224 e. The maximum atomic E-state index is 9.87. The van der Waals surface area contributed by atoms with E-state index in [1.807, 2.05) is 36.4 Å². The van der Waals surface area contributed by atoms with Gasteiger partial charge in [0.15, 0.2) is 0 Å². The molecule has 0 amide bonds. The van der Waals surface area contributed by atoms with E-state index in [0.717, 1.165) is 50.3 Å².